The van der Waals surface area contributed by atoms with Crippen molar-refractivity contribution in [1.29, 1.82) is 0 Å². The number of nitrogens with zero attached hydrogens (tertiary/aromatic N) is 1. The number of fused-ring (bicyclic) bond motifs is 1. The molecule has 3 rings (SSSR count). The zero-order valence-corrected chi connectivity index (χ0v) is 10.5. The fourth-order valence-electron chi connectivity index (χ4n) is 1.62. The van der Waals surface area contributed by atoms with E-state index in [1.54, 1.807) is 18.2 Å². The summed E-state index contributed by atoms with van der Waals surface area (Å²) in [6.07, 6.45) is 0. The number of aromatic hydroxyl groups is 1. The van der Waals surface area contributed by atoms with Gasteiger partial charge in [0.25, 0.3) is 0 Å². The molecule has 0 fully saturated rings. The third-order valence-electron chi connectivity index (χ3n) is 2.45. The quantitative estimate of drug-likeness (QED) is 0.716. The SMILES string of the molecule is Cc1sc(-c2cc3cc(O)ccc3o2)nc1Cl. The van der Waals surface area contributed by atoms with Gasteiger partial charge in [0.2, 0.25) is 0 Å². The predicted octanol–water partition coefficient (Wildman–Crippen LogP) is 4.22. The molecule has 0 aliphatic rings. The smallest absolute Gasteiger partial charge is 0.164 e. The lowest BCUT2D eigenvalue weighted by molar-refractivity contribution is 0.476. The van der Waals surface area contributed by atoms with Crippen molar-refractivity contribution in [1.82, 2.24) is 4.98 Å². The van der Waals surface area contributed by atoms with Gasteiger partial charge in [-0.25, -0.2) is 4.98 Å². The van der Waals surface area contributed by atoms with Crippen LogP contribution >= 0.6 is 22.9 Å². The van der Waals surface area contributed by atoms with Gasteiger partial charge in [0.05, 0.1) is 0 Å². The topological polar surface area (TPSA) is 46.3 Å². The van der Waals surface area contributed by atoms with Crippen molar-refractivity contribution in [2.75, 3.05) is 0 Å². The third-order valence-corrected chi connectivity index (χ3v) is 3.92. The molecule has 0 saturated heterocycles. The maximum absolute atomic E-state index is 9.38. The van der Waals surface area contributed by atoms with Crippen LogP contribution in [0.1, 0.15) is 4.88 Å². The molecule has 2 aromatic heterocycles. The third kappa shape index (κ3) is 1.79. The Morgan fingerprint density at radius 1 is 1.35 bits per heavy atom. The second-order valence-corrected chi connectivity index (χ2v) is 5.26. The van der Waals surface area contributed by atoms with Crippen LogP contribution in [-0.2, 0) is 0 Å². The number of aromatic nitrogens is 1. The molecular formula is C12H8ClNO2S. The number of hydrogen-bond acceptors (Lipinski definition) is 4. The van der Waals surface area contributed by atoms with E-state index in [2.05, 4.69) is 4.98 Å². The second-order valence-electron chi connectivity index (χ2n) is 3.70. The van der Waals surface area contributed by atoms with Crippen LogP contribution < -0.4 is 0 Å². The van der Waals surface area contributed by atoms with Gasteiger partial charge in [0.15, 0.2) is 10.8 Å². The molecule has 0 aliphatic carbocycles. The van der Waals surface area contributed by atoms with E-state index < -0.39 is 0 Å². The van der Waals surface area contributed by atoms with Gasteiger partial charge in [-0.2, -0.15) is 0 Å². The van der Waals surface area contributed by atoms with E-state index in [1.807, 2.05) is 13.0 Å². The predicted molar refractivity (Wildman–Crippen MR) is 68.7 cm³/mol. The van der Waals surface area contributed by atoms with Crippen molar-refractivity contribution in [2.45, 2.75) is 6.92 Å². The maximum atomic E-state index is 9.38. The average Bonchev–Trinajstić information content (AvgIpc) is 2.83. The van der Waals surface area contributed by atoms with Crippen LogP contribution in [0.25, 0.3) is 21.7 Å². The Balaban J connectivity index is 2.17. The van der Waals surface area contributed by atoms with Crippen molar-refractivity contribution in [3.63, 3.8) is 0 Å². The summed E-state index contributed by atoms with van der Waals surface area (Å²) in [5.41, 5.74) is 0.724. The van der Waals surface area contributed by atoms with Crippen LogP contribution in [0.3, 0.4) is 0 Å². The minimum atomic E-state index is 0.221. The molecule has 1 aromatic carbocycles. The average molecular weight is 266 g/mol. The van der Waals surface area contributed by atoms with Gasteiger partial charge in [-0.3, -0.25) is 0 Å². The van der Waals surface area contributed by atoms with Crippen LogP contribution in [0.4, 0.5) is 0 Å². The van der Waals surface area contributed by atoms with Gasteiger partial charge in [0.1, 0.15) is 16.5 Å². The first kappa shape index (κ1) is 10.6. The second kappa shape index (κ2) is 3.75. The van der Waals surface area contributed by atoms with E-state index in [0.29, 0.717) is 10.9 Å². The summed E-state index contributed by atoms with van der Waals surface area (Å²) >= 11 is 7.41. The molecule has 1 N–H and O–H groups in total. The number of hydrogen-bond donors (Lipinski definition) is 1. The fraction of sp³-hybridized carbons (Fsp3) is 0.0833. The number of thiazole rings is 1. The van der Waals surface area contributed by atoms with Crippen molar-refractivity contribution < 1.29 is 9.52 Å². The molecule has 17 heavy (non-hydrogen) atoms. The summed E-state index contributed by atoms with van der Waals surface area (Å²) in [4.78, 5) is 5.19. The van der Waals surface area contributed by atoms with Crippen molar-refractivity contribution >= 4 is 33.9 Å². The normalized spacial score (nSPS) is 11.2. The maximum Gasteiger partial charge on any atom is 0.164 e. The molecule has 86 valence electrons. The molecule has 2 heterocycles. The Morgan fingerprint density at radius 3 is 2.88 bits per heavy atom. The molecule has 0 atom stereocenters. The number of aryl methyl sites for hydroxylation is 1. The molecule has 0 unspecified atom stereocenters. The zero-order chi connectivity index (χ0) is 12.0. The lowest BCUT2D eigenvalue weighted by atomic mass is 10.2. The standard InChI is InChI=1S/C12H8ClNO2S/c1-6-11(13)14-12(17-6)10-5-7-4-8(15)2-3-9(7)16-10/h2-5,15H,1H3. The molecule has 0 bridgehead atoms. The van der Waals surface area contributed by atoms with Crippen LogP contribution in [0.5, 0.6) is 5.75 Å². The lowest BCUT2D eigenvalue weighted by Gasteiger charge is -1.88. The molecule has 3 nitrogen and oxygen atoms in total. The highest BCUT2D eigenvalue weighted by Crippen LogP contribution is 2.34. The van der Waals surface area contributed by atoms with Gasteiger partial charge in [0, 0.05) is 10.3 Å². The lowest BCUT2D eigenvalue weighted by Crippen LogP contribution is -1.68. The van der Waals surface area contributed by atoms with Gasteiger partial charge < -0.3 is 9.52 Å². The Bertz CT molecular complexity index is 682. The van der Waals surface area contributed by atoms with Crippen LogP contribution in [0.2, 0.25) is 5.15 Å². The highest BCUT2D eigenvalue weighted by Gasteiger charge is 2.12. The highest BCUT2D eigenvalue weighted by atomic mass is 35.5. The largest absolute Gasteiger partial charge is 0.508 e. The summed E-state index contributed by atoms with van der Waals surface area (Å²) in [5.74, 6) is 0.892. The van der Waals surface area contributed by atoms with Crippen LogP contribution in [-0.4, -0.2) is 10.1 Å². The van der Waals surface area contributed by atoms with Crippen molar-refractivity contribution in [2.24, 2.45) is 0 Å². The summed E-state index contributed by atoms with van der Waals surface area (Å²) in [7, 11) is 0. The van der Waals surface area contributed by atoms with Crippen LogP contribution in [0.15, 0.2) is 28.7 Å². The van der Waals surface area contributed by atoms with Gasteiger partial charge in [-0.1, -0.05) is 11.6 Å². The van der Waals surface area contributed by atoms with Gasteiger partial charge >= 0.3 is 0 Å². The number of furan rings is 1. The molecule has 3 aromatic rings. The van der Waals surface area contributed by atoms with E-state index >= 15 is 0 Å². The molecule has 5 heteroatoms. The summed E-state index contributed by atoms with van der Waals surface area (Å²) < 4.78 is 5.66. The van der Waals surface area contributed by atoms with E-state index in [0.717, 1.165) is 20.9 Å². The highest BCUT2D eigenvalue weighted by molar-refractivity contribution is 7.15. The Kier molecular flexibility index (Phi) is 2.34. The minimum absolute atomic E-state index is 0.221. The summed E-state index contributed by atoms with van der Waals surface area (Å²) in [5, 5.41) is 11.5. The van der Waals surface area contributed by atoms with Gasteiger partial charge in [-0.05, 0) is 31.2 Å². The molecule has 0 aliphatic heterocycles. The first-order valence-electron chi connectivity index (χ1n) is 4.99. The molecule has 0 radical (unpaired) electrons. The first-order chi connectivity index (χ1) is 8.13. The Labute approximate surface area is 106 Å². The first-order valence-corrected chi connectivity index (χ1v) is 6.19. The van der Waals surface area contributed by atoms with Crippen molar-refractivity contribution in [3.05, 3.63) is 34.3 Å². The number of halogens is 1. The molecule has 0 spiro atoms. The number of phenols is 1. The van der Waals surface area contributed by atoms with E-state index in [1.165, 1.54) is 11.3 Å². The fourth-order valence-corrected chi connectivity index (χ4v) is 2.63. The van der Waals surface area contributed by atoms with E-state index in [4.69, 9.17) is 16.0 Å². The minimum Gasteiger partial charge on any atom is -0.508 e. The number of benzene rings is 1. The van der Waals surface area contributed by atoms with Gasteiger partial charge in [-0.15, -0.1) is 11.3 Å². The van der Waals surface area contributed by atoms with Crippen molar-refractivity contribution in [3.8, 4) is 16.5 Å². The van der Waals surface area contributed by atoms with Crippen LogP contribution in [0, 0.1) is 6.92 Å². The number of phenolic OH excluding ortho intramolecular Hbond substituents is 1. The monoisotopic (exact) mass is 265 g/mol. The molecular weight excluding hydrogens is 258 g/mol. The Morgan fingerprint density at radius 2 is 2.18 bits per heavy atom. The Hall–Kier alpha value is -1.52. The van der Waals surface area contributed by atoms with E-state index in [9.17, 15) is 5.11 Å². The number of rotatable bonds is 1. The molecule has 0 saturated carbocycles. The summed E-state index contributed by atoms with van der Waals surface area (Å²) in [6, 6.07) is 6.83. The van der Waals surface area contributed by atoms with E-state index in [-0.39, 0.29) is 5.75 Å². The zero-order valence-electron chi connectivity index (χ0n) is 8.90. The molecule has 0 amide bonds. The summed E-state index contributed by atoms with van der Waals surface area (Å²) in [6.45, 7) is 1.91.